The van der Waals surface area contributed by atoms with Crippen LogP contribution in [0.5, 0.6) is 0 Å². The van der Waals surface area contributed by atoms with E-state index in [-0.39, 0.29) is 18.1 Å². The van der Waals surface area contributed by atoms with Crippen LogP contribution in [0.4, 0.5) is 11.4 Å². The first kappa shape index (κ1) is 15.9. The Morgan fingerprint density at radius 1 is 1.45 bits per heavy atom. The van der Waals surface area contributed by atoms with Crippen molar-refractivity contribution >= 4 is 17.3 Å². The summed E-state index contributed by atoms with van der Waals surface area (Å²) < 4.78 is 0. The molecule has 0 aliphatic carbocycles. The normalized spacial score (nSPS) is 10.4. The molecular formula is C13H20N4O3. The average molecular weight is 280 g/mol. The molecule has 0 atom stereocenters. The van der Waals surface area contributed by atoms with E-state index in [0.717, 1.165) is 17.8 Å². The van der Waals surface area contributed by atoms with Gasteiger partial charge in [-0.25, -0.2) is 0 Å². The molecule has 0 radical (unpaired) electrons. The van der Waals surface area contributed by atoms with Crippen molar-refractivity contribution in [1.29, 1.82) is 0 Å². The van der Waals surface area contributed by atoms with Gasteiger partial charge in [0.2, 0.25) is 5.91 Å². The molecule has 1 aromatic rings. The van der Waals surface area contributed by atoms with E-state index in [1.54, 1.807) is 31.1 Å². The van der Waals surface area contributed by atoms with Crippen LogP contribution in [0.25, 0.3) is 0 Å². The summed E-state index contributed by atoms with van der Waals surface area (Å²) in [5, 5.41) is 16.6. The Hall–Kier alpha value is -2.15. The minimum Gasteiger partial charge on any atom is -0.385 e. The fourth-order valence-electron chi connectivity index (χ4n) is 1.86. The van der Waals surface area contributed by atoms with Crippen molar-refractivity contribution in [3.8, 4) is 0 Å². The number of nitrogens with zero attached hydrogens (tertiary/aromatic N) is 2. The zero-order valence-electron chi connectivity index (χ0n) is 12.0. The highest BCUT2D eigenvalue weighted by Gasteiger charge is 2.13. The highest BCUT2D eigenvalue weighted by molar-refractivity contribution is 5.77. The van der Waals surface area contributed by atoms with Gasteiger partial charge in [0.25, 0.3) is 5.69 Å². The van der Waals surface area contributed by atoms with Gasteiger partial charge in [-0.15, -0.1) is 0 Å². The number of carbonyl (C=O) groups excluding carboxylic acids is 1. The highest BCUT2D eigenvalue weighted by atomic mass is 16.6. The fraction of sp³-hybridized carbons (Fsp3) is 0.462. The number of likely N-dealkylation sites (N-methyl/N-ethyl adjacent to an activating group) is 2. The van der Waals surface area contributed by atoms with Gasteiger partial charge in [0.15, 0.2) is 0 Å². The van der Waals surface area contributed by atoms with Crippen molar-refractivity contribution < 1.29 is 9.72 Å². The monoisotopic (exact) mass is 280 g/mol. The first-order valence-electron chi connectivity index (χ1n) is 6.38. The zero-order valence-corrected chi connectivity index (χ0v) is 12.0. The Labute approximate surface area is 118 Å². The fourth-order valence-corrected chi connectivity index (χ4v) is 1.86. The lowest BCUT2D eigenvalue weighted by Crippen LogP contribution is -2.32. The Kier molecular flexibility index (Phi) is 5.92. The Balaban J connectivity index is 2.91. The number of nitrogens with one attached hydrogen (secondary N) is 2. The molecule has 1 amide bonds. The molecule has 0 unspecified atom stereocenters. The Morgan fingerprint density at radius 3 is 2.70 bits per heavy atom. The number of anilines is 1. The number of hydrogen-bond donors (Lipinski definition) is 2. The van der Waals surface area contributed by atoms with Crippen molar-refractivity contribution in [2.45, 2.75) is 13.5 Å². The Bertz CT molecular complexity index is 491. The van der Waals surface area contributed by atoms with Gasteiger partial charge >= 0.3 is 0 Å². The smallest absolute Gasteiger partial charge is 0.269 e. The van der Waals surface area contributed by atoms with Gasteiger partial charge in [-0.3, -0.25) is 19.8 Å². The van der Waals surface area contributed by atoms with E-state index in [1.807, 2.05) is 6.92 Å². The molecule has 20 heavy (non-hydrogen) atoms. The van der Waals surface area contributed by atoms with Gasteiger partial charge in [-0.1, -0.05) is 0 Å². The van der Waals surface area contributed by atoms with Crippen LogP contribution in [0.1, 0.15) is 12.5 Å². The number of benzene rings is 1. The lowest BCUT2D eigenvalue weighted by molar-refractivity contribution is -0.384. The van der Waals surface area contributed by atoms with E-state index >= 15 is 0 Å². The number of amides is 1. The van der Waals surface area contributed by atoms with Gasteiger partial charge in [0.1, 0.15) is 0 Å². The summed E-state index contributed by atoms with van der Waals surface area (Å²) in [7, 11) is 3.37. The largest absolute Gasteiger partial charge is 0.385 e. The number of hydrogen-bond acceptors (Lipinski definition) is 5. The van der Waals surface area contributed by atoms with E-state index < -0.39 is 4.92 Å². The lowest BCUT2D eigenvalue weighted by Gasteiger charge is -2.18. The summed E-state index contributed by atoms with van der Waals surface area (Å²) in [6, 6.07) is 4.71. The molecule has 0 aliphatic rings. The molecule has 110 valence electrons. The zero-order chi connectivity index (χ0) is 15.1. The topological polar surface area (TPSA) is 87.5 Å². The van der Waals surface area contributed by atoms with Crippen LogP contribution in [-0.4, -0.2) is 42.9 Å². The maximum absolute atomic E-state index is 11.3. The molecule has 0 spiro atoms. The molecule has 1 aromatic carbocycles. The molecule has 1 rings (SSSR count). The van der Waals surface area contributed by atoms with Crippen molar-refractivity contribution in [3.05, 3.63) is 33.9 Å². The predicted octanol–water partition coefficient (Wildman–Crippen LogP) is 1.20. The summed E-state index contributed by atoms with van der Waals surface area (Å²) in [5.74, 6) is -0.0945. The van der Waals surface area contributed by atoms with Gasteiger partial charge in [0, 0.05) is 38.0 Å². The minimum absolute atomic E-state index is 0.0509. The van der Waals surface area contributed by atoms with Crippen LogP contribution >= 0.6 is 0 Å². The molecule has 0 saturated carbocycles. The second-order valence-electron chi connectivity index (χ2n) is 4.47. The quantitative estimate of drug-likeness (QED) is 0.579. The molecule has 2 N–H and O–H groups in total. The van der Waals surface area contributed by atoms with Crippen molar-refractivity contribution in [2.75, 3.05) is 32.5 Å². The number of nitro benzene ring substituents is 1. The summed E-state index contributed by atoms with van der Waals surface area (Å²) in [6.07, 6.45) is 0. The molecule has 0 bridgehead atoms. The van der Waals surface area contributed by atoms with Gasteiger partial charge in [0.05, 0.1) is 11.5 Å². The Morgan fingerprint density at radius 2 is 2.15 bits per heavy atom. The average Bonchev–Trinajstić information content (AvgIpc) is 2.40. The SMILES string of the molecule is CCNc1ccc([N+](=O)[O-])cc1CN(C)CC(=O)NC. The van der Waals surface area contributed by atoms with Crippen molar-refractivity contribution in [3.63, 3.8) is 0 Å². The first-order chi connectivity index (χ1) is 9.47. The van der Waals surface area contributed by atoms with Crippen LogP contribution in [-0.2, 0) is 11.3 Å². The molecule has 0 saturated heterocycles. The third-order valence-electron chi connectivity index (χ3n) is 2.80. The molecule has 0 heterocycles. The maximum Gasteiger partial charge on any atom is 0.269 e. The number of nitro groups is 1. The summed E-state index contributed by atoms with van der Waals surface area (Å²) in [4.78, 5) is 23.5. The summed E-state index contributed by atoms with van der Waals surface area (Å²) >= 11 is 0. The van der Waals surface area contributed by atoms with Crippen LogP contribution in [0.2, 0.25) is 0 Å². The standard InChI is InChI=1S/C13H20N4O3/c1-4-15-12-6-5-11(17(19)20)7-10(12)8-16(3)9-13(18)14-2/h5-7,15H,4,8-9H2,1-3H3,(H,14,18). The predicted molar refractivity (Wildman–Crippen MR) is 77.7 cm³/mol. The molecule has 7 nitrogen and oxygen atoms in total. The van der Waals surface area contributed by atoms with E-state index in [4.69, 9.17) is 0 Å². The third-order valence-corrected chi connectivity index (χ3v) is 2.80. The minimum atomic E-state index is -0.419. The molecular weight excluding hydrogens is 260 g/mol. The highest BCUT2D eigenvalue weighted by Crippen LogP contribution is 2.23. The number of non-ortho nitro benzene ring substituents is 1. The molecule has 7 heteroatoms. The van der Waals surface area contributed by atoms with Crippen LogP contribution in [0.3, 0.4) is 0 Å². The summed E-state index contributed by atoms with van der Waals surface area (Å²) in [5.41, 5.74) is 1.70. The van der Waals surface area contributed by atoms with Crippen molar-refractivity contribution in [2.24, 2.45) is 0 Å². The van der Waals surface area contributed by atoms with E-state index in [1.165, 1.54) is 6.07 Å². The van der Waals surface area contributed by atoms with E-state index in [2.05, 4.69) is 10.6 Å². The lowest BCUT2D eigenvalue weighted by atomic mass is 10.1. The van der Waals surface area contributed by atoms with E-state index in [0.29, 0.717) is 6.54 Å². The number of rotatable bonds is 7. The third kappa shape index (κ3) is 4.51. The second-order valence-corrected chi connectivity index (χ2v) is 4.47. The summed E-state index contributed by atoms with van der Waals surface area (Å²) in [6.45, 7) is 3.38. The second kappa shape index (κ2) is 7.44. The molecule has 0 fully saturated rings. The van der Waals surface area contributed by atoms with Gasteiger partial charge in [-0.05, 0) is 25.6 Å². The van der Waals surface area contributed by atoms with Crippen LogP contribution < -0.4 is 10.6 Å². The molecule has 0 aliphatic heterocycles. The van der Waals surface area contributed by atoms with Gasteiger partial charge < -0.3 is 10.6 Å². The van der Waals surface area contributed by atoms with Crippen LogP contribution in [0.15, 0.2) is 18.2 Å². The van der Waals surface area contributed by atoms with Crippen LogP contribution in [0, 0.1) is 10.1 Å². The van der Waals surface area contributed by atoms with Crippen molar-refractivity contribution in [1.82, 2.24) is 10.2 Å². The van der Waals surface area contributed by atoms with Gasteiger partial charge in [-0.2, -0.15) is 0 Å². The molecule has 0 aromatic heterocycles. The first-order valence-corrected chi connectivity index (χ1v) is 6.38. The number of carbonyl (C=O) groups is 1. The maximum atomic E-state index is 11.3. The van der Waals surface area contributed by atoms with E-state index in [9.17, 15) is 14.9 Å².